The maximum Gasteiger partial charge on any atom is 0.269 e. The van der Waals surface area contributed by atoms with E-state index < -0.39 is 0 Å². The van der Waals surface area contributed by atoms with Gasteiger partial charge in [-0.2, -0.15) is 0 Å². The van der Waals surface area contributed by atoms with Crippen molar-refractivity contribution in [3.8, 4) is 0 Å². The molecule has 0 aromatic carbocycles. The van der Waals surface area contributed by atoms with Gasteiger partial charge in [-0.3, -0.25) is 8.75 Å². The standard InChI is InChI=1S/C7H6N2OS/c1-9-7(10)5-3-2-4-8-6(5)11-9/h2-4H,1H3. The summed E-state index contributed by atoms with van der Waals surface area (Å²) in [4.78, 5) is 16.1. The smallest absolute Gasteiger partial charge is 0.268 e. The van der Waals surface area contributed by atoms with Crippen LogP contribution in [-0.4, -0.2) is 8.94 Å². The molecule has 0 saturated carbocycles. The average molecular weight is 166 g/mol. The van der Waals surface area contributed by atoms with E-state index in [9.17, 15) is 4.79 Å². The average Bonchev–Trinajstić information content (AvgIpc) is 2.30. The minimum atomic E-state index is 0.0399. The van der Waals surface area contributed by atoms with Crippen LogP contribution < -0.4 is 5.56 Å². The van der Waals surface area contributed by atoms with Gasteiger partial charge in [0.15, 0.2) is 0 Å². The van der Waals surface area contributed by atoms with Gasteiger partial charge in [-0.05, 0) is 23.7 Å². The van der Waals surface area contributed by atoms with Crippen molar-refractivity contribution in [3.05, 3.63) is 28.7 Å². The molecule has 0 N–H and O–H groups in total. The van der Waals surface area contributed by atoms with Crippen LogP contribution in [0.4, 0.5) is 0 Å². The van der Waals surface area contributed by atoms with E-state index >= 15 is 0 Å². The van der Waals surface area contributed by atoms with Crippen LogP contribution in [0.2, 0.25) is 0 Å². The summed E-state index contributed by atoms with van der Waals surface area (Å²) in [6.45, 7) is 0. The largest absolute Gasteiger partial charge is 0.269 e. The quantitative estimate of drug-likeness (QED) is 0.585. The Morgan fingerprint density at radius 2 is 2.45 bits per heavy atom. The van der Waals surface area contributed by atoms with Gasteiger partial charge in [0.25, 0.3) is 5.56 Å². The first-order chi connectivity index (χ1) is 5.29. The molecule has 0 amide bonds. The van der Waals surface area contributed by atoms with Crippen molar-refractivity contribution in [3.63, 3.8) is 0 Å². The number of hydrogen-bond donors (Lipinski definition) is 0. The molecule has 0 bridgehead atoms. The lowest BCUT2D eigenvalue weighted by molar-refractivity contribution is 0.989. The number of hydrogen-bond acceptors (Lipinski definition) is 3. The van der Waals surface area contributed by atoms with Gasteiger partial charge >= 0.3 is 0 Å². The van der Waals surface area contributed by atoms with E-state index in [0.717, 1.165) is 4.83 Å². The fourth-order valence-corrected chi connectivity index (χ4v) is 1.77. The van der Waals surface area contributed by atoms with Crippen LogP contribution in [0.1, 0.15) is 0 Å². The minimum absolute atomic E-state index is 0.0399. The predicted molar refractivity (Wildman–Crippen MR) is 44.9 cm³/mol. The third kappa shape index (κ3) is 0.867. The Hall–Kier alpha value is -1.16. The van der Waals surface area contributed by atoms with E-state index in [2.05, 4.69) is 4.98 Å². The van der Waals surface area contributed by atoms with Gasteiger partial charge in [-0.25, -0.2) is 4.98 Å². The summed E-state index contributed by atoms with van der Waals surface area (Å²) >= 11 is 1.37. The molecule has 0 aliphatic rings. The second-order valence-electron chi connectivity index (χ2n) is 2.25. The summed E-state index contributed by atoms with van der Waals surface area (Å²) in [6, 6.07) is 3.57. The maximum absolute atomic E-state index is 11.3. The Bertz CT molecular complexity index is 443. The van der Waals surface area contributed by atoms with E-state index in [0.29, 0.717) is 5.39 Å². The molecule has 2 aromatic rings. The number of rotatable bonds is 0. The monoisotopic (exact) mass is 166 g/mol. The van der Waals surface area contributed by atoms with E-state index in [4.69, 9.17) is 0 Å². The molecule has 2 aromatic heterocycles. The summed E-state index contributed by atoms with van der Waals surface area (Å²) in [6.07, 6.45) is 1.69. The first-order valence-electron chi connectivity index (χ1n) is 3.20. The number of pyridine rings is 1. The Morgan fingerprint density at radius 1 is 1.64 bits per heavy atom. The predicted octanol–water partition coefficient (Wildman–Crippen LogP) is 0.995. The van der Waals surface area contributed by atoms with Gasteiger partial charge in [0.1, 0.15) is 4.83 Å². The van der Waals surface area contributed by atoms with E-state index in [1.807, 2.05) is 0 Å². The maximum atomic E-state index is 11.3. The zero-order valence-corrected chi connectivity index (χ0v) is 6.76. The first kappa shape index (κ1) is 6.54. The Labute approximate surface area is 67.1 Å². The van der Waals surface area contributed by atoms with E-state index in [-0.39, 0.29) is 5.56 Å². The lowest BCUT2D eigenvalue weighted by Crippen LogP contribution is -2.07. The number of aromatic nitrogens is 2. The Kier molecular flexibility index (Phi) is 1.29. The van der Waals surface area contributed by atoms with Crippen molar-refractivity contribution in [1.82, 2.24) is 8.94 Å². The molecule has 4 heteroatoms. The van der Waals surface area contributed by atoms with Crippen molar-refractivity contribution in [2.45, 2.75) is 0 Å². The molecular weight excluding hydrogens is 160 g/mol. The van der Waals surface area contributed by atoms with Crippen LogP contribution in [0.15, 0.2) is 23.1 Å². The summed E-state index contributed by atoms with van der Waals surface area (Å²) in [7, 11) is 1.74. The minimum Gasteiger partial charge on any atom is -0.268 e. The topological polar surface area (TPSA) is 34.9 Å². The lowest BCUT2D eigenvalue weighted by atomic mass is 10.4. The second-order valence-corrected chi connectivity index (χ2v) is 3.37. The summed E-state index contributed by atoms with van der Waals surface area (Å²) in [5.41, 5.74) is 0.0399. The van der Waals surface area contributed by atoms with Gasteiger partial charge in [0.05, 0.1) is 5.39 Å². The fraction of sp³-hybridized carbons (Fsp3) is 0.143. The van der Waals surface area contributed by atoms with Crippen molar-refractivity contribution >= 4 is 21.7 Å². The molecule has 0 saturated heterocycles. The van der Waals surface area contributed by atoms with Crippen LogP contribution in [0.25, 0.3) is 10.2 Å². The fourth-order valence-electron chi connectivity index (χ4n) is 0.967. The molecule has 56 valence electrons. The molecule has 0 spiro atoms. The third-order valence-electron chi connectivity index (χ3n) is 1.51. The van der Waals surface area contributed by atoms with Crippen molar-refractivity contribution in [2.24, 2.45) is 7.05 Å². The van der Waals surface area contributed by atoms with Crippen molar-refractivity contribution in [2.75, 3.05) is 0 Å². The van der Waals surface area contributed by atoms with Gasteiger partial charge in [-0.15, -0.1) is 0 Å². The Morgan fingerprint density at radius 3 is 3.18 bits per heavy atom. The normalized spacial score (nSPS) is 10.6. The van der Waals surface area contributed by atoms with Crippen LogP contribution in [0.5, 0.6) is 0 Å². The highest BCUT2D eigenvalue weighted by atomic mass is 32.1. The summed E-state index contributed by atoms with van der Waals surface area (Å²) < 4.78 is 1.58. The van der Waals surface area contributed by atoms with Crippen LogP contribution in [0.3, 0.4) is 0 Å². The number of fused-ring (bicyclic) bond motifs is 1. The molecule has 0 unspecified atom stereocenters. The highest BCUT2D eigenvalue weighted by molar-refractivity contribution is 7.13. The highest BCUT2D eigenvalue weighted by Crippen LogP contribution is 2.10. The summed E-state index contributed by atoms with van der Waals surface area (Å²) in [5, 5.41) is 0.708. The lowest BCUT2D eigenvalue weighted by Gasteiger charge is -1.79. The molecular formula is C7H6N2OS. The molecule has 2 heterocycles. The van der Waals surface area contributed by atoms with Gasteiger partial charge in [0, 0.05) is 13.2 Å². The molecule has 2 rings (SSSR count). The van der Waals surface area contributed by atoms with Crippen LogP contribution in [0, 0.1) is 0 Å². The van der Waals surface area contributed by atoms with Crippen LogP contribution in [-0.2, 0) is 7.05 Å². The third-order valence-corrected chi connectivity index (χ3v) is 2.45. The zero-order chi connectivity index (χ0) is 7.84. The first-order valence-corrected chi connectivity index (χ1v) is 3.97. The number of aryl methyl sites for hydroxylation is 1. The van der Waals surface area contributed by atoms with Crippen LogP contribution >= 0.6 is 11.5 Å². The molecule has 0 radical (unpaired) electrons. The SMILES string of the molecule is Cn1sc2ncccc2c1=O. The molecule has 0 aliphatic carbocycles. The molecule has 11 heavy (non-hydrogen) atoms. The highest BCUT2D eigenvalue weighted by Gasteiger charge is 2.02. The van der Waals surface area contributed by atoms with E-state index in [1.165, 1.54) is 11.5 Å². The molecule has 3 nitrogen and oxygen atoms in total. The second kappa shape index (κ2) is 2.17. The molecule has 0 aliphatic heterocycles. The summed E-state index contributed by atoms with van der Waals surface area (Å²) in [5.74, 6) is 0. The molecule has 0 atom stereocenters. The van der Waals surface area contributed by atoms with Crippen molar-refractivity contribution in [1.29, 1.82) is 0 Å². The number of nitrogens with zero attached hydrogens (tertiary/aromatic N) is 2. The zero-order valence-electron chi connectivity index (χ0n) is 5.94. The van der Waals surface area contributed by atoms with Gasteiger partial charge in [-0.1, -0.05) is 0 Å². The Balaban J connectivity index is 3.04. The van der Waals surface area contributed by atoms with Crippen molar-refractivity contribution < 1.29 is 0 Å². The van der Waals surface area contributed by atoms with Gasteiger partial charge in [0.2, 0.25) is 0 Å². The van der Waals surface area contributed by atoms with E-state index in [1.54, 1.807) is 29.3 Å². The molecule has 0 fully saturated rings. The van der Waals surface area contributed by atoms with Gasteiger partial charge < -0.3 is 0 Å².